The molecule has 1 aliphatic rings. The molecule has 0 aliphatic carbocycles. The van der Waals surface area contributed by atoms with Crippen LogP contribution in [0.15, 0.2) is 54.6 Å². The number of hydrogen-bond donors (Lipinski definition) is 3. The second kappa shape index (κ2) is 5.83. The molecule has 121 valence electrons. The summed E-state index contributed by atoms with van der Waals surface area (Å²) >= 11 is 0. The van der Waals surface area contributed by atoms with Gasteiger partial charge in [-0.15, -0.1) is 0 Å². The summed E-state index contributed by atoms with van der Waals surface area (Å²) in [5.41, 5.74) is 8.22. The van der Waals surface area contributed by atoms with Gasteiger partial charge < -0.3 is 15.0 Å². The van der Waals surface area contributed by atoms with Crippen LogP contribution in [0.3, 0.4) is 0 Å². The fourth-order valence-electron chi connectivity index (χ4n) is 2.94. The van der Waals surface area contributed by atoms with Crippen molar-refractivity contribution in [2.24, 2.45) is 0 Å². The molecule has 5 heterocycles. The molecule has 0 amide bonds. The third-order valence-corrected chi connectivity index (χ3v) is 4.03. The topological polar surface area (TPSA) is 60.3 Å². The molecule has 0 spiro atoms. The SMILES string of the molecule is C1=Cc2nc1cc1ccc(cc3ccc(cc4ccc2[nH]4)[nH]3)[nH]1.[Au]. The molecule has 8 bridgehead atoms. The van der Waals surface area contributed by atoms with Crippen molar-refractivity contribution in [1.82, 2.24) is 19.9 Å². The maximum Gasteiger partial charge on any atom is 0.0872 e. The number of nitrogens with one attached hydrogen (secondary N) is 3. The van der Waals surface area contributed by atoms with Gasteiger partial charge in [-0.2, -0.15) is 0 Å². The summed E-state index contributed by atoms with van der Waals surface area (Å²) in [5.74, 6) is 0. The third kappa shape index (κ3) is 2.71. The predicted molar refractivity (Wildman–Crippen MR) is 95.2 cm³/mol. The number of hydrogen-bond acceptors (Lipinski definition) is 1. The molecule has 0 fully saturated rings. The van der Waals surface area contributed by atoms with E-state index in [9.17, 15) is 0 Å². The average Bonchev–Trinajstić information content (AvgIpc) is 3.28. The van der Waals surface area contributed by atoms with Crippen LogP contribution in [-0.2, 0) is 22.4 Å². The first-order valence-corrected chi connectivity index (χ1v) is 7.57. The Kier molecular flexibility index (Phi) is 3.65. The first-order chi connectivity index (χ1) is 11.3. The Bertz CT molecular complexity index is 1180. The van der Waals surface area contributed by atoms with Gasteiger partial charge in [-0.1, -0.05) is 0 Å². The molecule has 5 heteroatoms. The van der Waals surface area contributed by atoms with Gasteiger partial charge in [0.15, 0.2) is 0 Å². The summed E-state index contributed by atoms with van der Waals surface area (Å²) in [6.07, 6.45) is 4.07. The molecule has 4 aromatic heterocycles. The molecule has 0 atom stereocenters. The Morgan fingerprint density at radius 3 is 1.79 bits per heavy atom. The number of rotatable bonds is 0. The van der Waals surface area contributed by atoms with Crippen LogP contribution in [0.4, 0.5) is 0 Å². The zero-order valence-corrected chi connectivity index (χ0v) is 14.8. The van der Waals surface area contributed by atoms with E-state index in [0.29, 0.717) is 0 Å². The van der Waals surface area contributed by atoms with Crippen LogP contribution in [-0.4, -0.2) is 19.9 Å². The van der Waals surface area contributed by atoms with Crippen molar-refractivity contribution in [3.63, 3.8) is 0 Å². The van der Waals surface area contributed by atoms with Gasteiger partial charge in [-0.3, -0.25) is 0 Å². The van der Waals surface area contributed by atoms with E-state index in [1.54, 1.807) is 0 Å². The fraction of sp³-hybridized carbons (Fsp3) is 0. The molecule has 0 saturated heterocycles. The normalized spacial score (nSPS) is 11.7. The average molecular weight is 495 g/mol. The monoisotopic (exact) mass is 495 g/mol. The quantitative estimate of drug-likeness (QED) is 0.268. The van der Waals surface area contributed by atoms with Crippen LogP contribution in [0.2, 0.25) is 0 Å². The molecular formula is C19H14AuN4. The number of fused-ring (bicyclic) bond motifs is 9. The van der Waals surface area contributed by atoms with Crippen LogP contribution in [0.1, 0.15) is 11.4 Å². The number of aromatic nitrogens is 4. The first-order valence-electron chi connectivity index (χ1n) is 7.57. The standard InChI is InChI=1S/C19H14N4.Au/c1-3-14-10-16-5-7-18(22-16)19-8-6-17(23-19)11-15-4-2-13(21-15)9-12(1)20-14;/h1-11,20-22H;. The Morgan fingerprint density at radius 1 is 0.583 bits per heavy atom. The van der Waals surface area contributed by atoms with Gasteiger partial charge >= 0.3 is 0 Å². The smallest absolute Gasteiger partial charge is 0.0872 e. The van der Waals surface area contributed by atoms with Crippen molar-refractivity contribution in [1.29, 1.82) is 0 Å². The molecular weight excluding hydrogens is 481 g/mol. The zero-order chi connectivity index (χ0) is 15.2. The van der Waals surface area contributed by atoms with Crippen molar-refractivity contribution in [3.05, 3.63) is 66.0 Å². The number of nitrogens with zero attached hydrogens (tertiary/aromatic N) is 1. The largest absolute Gasteiger partial charge is 0.355 e. The third-order valence-electron chi connectivity index (χ3n) is 4.03. The number of H-pyrrole nitrogens is 3. The molecule has 3 N–H and O–H groups in total. The Balaban J connectivity index is 0.00000146. The van der Waals surface area contributed by atoms with Crippen molar-refractivity contribution < 1.29 is 22.4 Å². The molecule has 1 radical (unpaired) electrons. The van der Waals surface area contributed by atoms with Crippen molar-refractivity contribution in [3.8, 4) is 0 Å². The molecule has 0 unspecified atom stereocenters. The number of aromatic amines is 3. The van der Waals surface area contributed by atoms with E-state index in [-0.39, 0.29) is 22.4 Å². The van der Waals surface area contributed by atoms with E-state index >= 15 is 0 Å². The molecule has 0 aromatic carbocycles. The van der Waals surface area contributed by atoms with Gasteiger partial charge in [0.05, 0.1) is 16.9 Å². The van der Waals surface area contributed by atoms with Crippen LogP contribution in [0.5, 0.6) is 0 Å². The molecule has 24 heavy (non-hydrogen) atoms. The maximum absolute atomic E-state index is 4.68. The van der Waals surface area contributed by atoms with Gasteiger partial charge in [0.25, 0.3) is 0 Å². The Labute approximate surface area is 153 Å². The summed E-state index contributed by atoms with van der Waals surface area (Å²) in [4.78, 5) is 14.9. The predicted octanol–water partition coefficient (Wildman–Crippen LogP) is 4.69. The van der Waals surface area contributed by atoms with E-state index in [1.165, 1.54) is 0 Å². The van der Waals surface area contributed by atoms with Crippen LogP contribution >= 0.6 is 0 Å². The summed E-state index contributed by atoms with van der Waals surface area (Å²) in [7, 11) is 0. The van der Waals surface area contributed by atoms with Gasteiger partial charge in [-0.05, 0) is 66.7 Å². The van der Waals surface area contributed by atoms with Crippen molar-refractivity contribution >= 4 is 45.3 Å². The second-order valence-electron chi connectivity index (χ2n) is 5.75. The van der Waals surface area contributed by atoms with E-state index in [1.807, 2.05) is 12.2 Å². The van der Waals surface area contributed by atoms with E-state index in [4.69, 9.17) is 0 Å². The minimum Gasteiger partial charge on any atom is -0.355 e. The zero-order valence-electron chi connectivity index (χ0n) is 12.6. The van der Waals surface area contributed by atoms with Gasteiger partial charge in [0.2, 0.25) is 0 Å². The van der Waals surface area contributed by atoms with Crippen molar-refractivity contribution in [2.75, 3.05) is 0 Å². The van der Waals surface area contributed by atoms with E-state index in [0.717, 1.165) is 44.5 Å². The summed E-state index contributed by atoms with van der Waals surface area (Å²) < 4.78 is 0. The molecule has 0 saturated carbocycles. The van der Waals surface area contributed by atoms with E-state index in [2.05, 4.69) is 74.5 Å². The summed E-state index contributed by atoms with van der Waals surface area (Å²) in [6.45, 7) is 0. The molecule has 4 nitrogen and oxygen atoms in total. The van der Waals surface area contributed by atoms with Crippen LogP contribution in [0, 0.1) is 0 Å². The van der Waals surface area contributed by atoms with Crippen LogP contribution in [0.25, 0.3) is 45.3 Å². The van der Waals surface area contributed by atoms with Gasteiger partial charge in [0.1, 0.15) is 0 Å². The van der Waals surface area contributed by atoms with Crippen LogP contribution < -0.4 is 0 Å². The minimum atomic E-state index is 0. The Hall–Kier alpha value is -2.53. The van der Waals surface area contributed by atoms with Crippen molar-refractivity contribution in [2.45, 2.75) is 0 Å². The Morgan fingerprint density at radius 2 is 1.12 bits per heavy atom. The minimum absolute atomic E-state index is 0. The summed E-state index contributed by atoms with van der Waals surface area (Å²) in [6, 6.07) is 18.7. The van der Waals surface area contributed by atoms with E-state index < -0.39 is 0 Å². The first kappa shape index (κ1) is 15.0. The maximum atomic E-state index is 4.68. The molecule has 1 aliphatic heterocycles. The molecule has 4 aromatic rings. The molecule has 5 rings (SSSR count). The van der Waals surface area contributed by atoms with Gasteiger partial charge in [0, 0.05) is 50.0 Å². The summed E-state index contributed by atoms with van der Waals surface area (Å²) in [5, 5.41) is 0. The van der Waals surface area contributed by atoms with Gasteiger partial charge in [-0.25, -0.2) is 4.98 Å². The second-order valence-corrected chi connectivity index (χ2v) is 5.75. The fourth-order valence-corrected chi connectivity index (χ4v) is 2.94.